The van der Waals surface area contributed by atoms with Crippen molar-refractivity contribution in [3.63, 3.8) is 0 Å². The molecule has 0 aliphatic heterocycles. The molecule has 1 heterocycles. The van der Waals surface area contributed by atoms with Crippen LogP contribution in [0.4, 0.5) is 0 Å². The molecule has 1 fully saturated rings. The van der Waals surface area contributed by atoms with E-state index >= 15 is 0 Å². The summed E-state index contributed by atoms with van der Waals surface area (Å²) < 4.78 is 0. The standard InChI is InChI=1S/C17H22N2O2/c1-16(2)14(17(16,3)4)11-19-15(21)13-8-12(6-5-7-20)9-18-10-13/h8-10,14,20H,7,11H2,1-4H3,(H,19,21). The molecule has 1 aliphatic rings. The van der Waals surface area contributed by atoms with Crippen molar-refractivity contribution in [2.45, 2.75) is 27.7 Å². The number of nitrogens with zero attached hydrogens (tertiary/aromatic N) is 1. The van der Waals surface area contributed by atoms with E-state index in [4.69, 9.17) is 5.11 Å². The van der Waals surface area contributed by atoms with Crippen LogP contribution >= 0.6 is 0 Å². The maximum atomic E-state index is 12.2. The Kier molecular flexibility index (Phi) is 4.06. The van der Waals surface area contributed by atoms with Gasteiger partial charge in [-0.2, -0.15) is 0 Å². The van der Waals surface area contributed by atoms with E-state index in [1.807, 2.05) is 0 Å². The minimum atomic E-state index is -0.206. The number of hydrogen-bond acceptors (Lipinski definition) is 3. The maximum absolute atomic E-state index is 12.2. The average Bonchev–Trinajstić information content (AvgIpc) is 2.84. The molecule has 0 bridgehead atoms. The summed E-state index contributed by atoms with van der Waals surface area (Å²) in [6.07, 6.45) is 3.11. The second-order valence-electron chi connectivity index (χ2n) is 6.63. The van der Waals surface area contributed by atoms with Gasteiger partial charge in [0.15, 0.2) is 0 Å². The summed E-state index contributed by atoms with van der Waals surface area (Å²) in [5.74, 6) is 5.65. The molecule has 1 aliphatic carbocycles. The van der Waals surface area contributed by atoms with Gasteiger partial charge < -0.3 is 10.4 Å². The molecule has 1 aromatic rings. The lowest BCUT2D eigenvalue weighted by Crippen LogP contribution is -2.27. The number of nitrogens with one attached hydrogen (secondary N) is 1. The summed E-state index contributed by atoms with van der Waals surface area (Å²) in [6.45, 7) is 9.40. The van der Waals surface area contributed by atoms with Gasteiger partial charge in [-0.3, -0.25) is 9.78 Å². The van der Waals surface area contributed by atoms with Crippen molar-refractivity contribution in [1.82, 2.24) is 10.3 Å². The smallest absolute Gasteiger partial charge is 0.252 e. The highest BCUT2D eigenvalue weighted by molar-refractivity contribution is 5.94. The van der Waals surface area contributed by atoms with Crippen molar-refractivity contribution in [3.05, 3.63) is 29.6 Å². The zero-order chi connectivity index (χ0) is 15.7. The van der Waals surface area contributed by atoms with E-state index in [0.717, 1.165) is 0 Å². The third-order valence-electron chi connectivity index (χ3n) is 5.10. The van der Waals surface area contributed by atoms with Crippen LogP contribution in [-0.2, 0) is 0 Å². The second kappa shape index (κ2) is 5.50. The van der Waals surface area contributed by atoms with Gasteiger partial charge in [-0.25, -0.2) is 0 Å². The van der Waals surface area contributed by atoms with E-state index in [2.05, 4.69) is 49.8 Å². The monoisotopic (exact) mass is 286 g/mol. The Hall–Kier alpha value is -1.86. The Morgan fingerprint density at radius 1 is 1.33 bits per heavy atom. The van der Waals surface area contributed by atoms with Crippen molar-refractivity contribution < 1.29 is 9.90 Å². The van der Waals surface area contributed by atoms with Crippen LogP contribution in [0.1, 0.15) is 43.6 Å². The predicted molar refractivity (Wildman–Crippen MR) is 81.6 cm³/mol. The minimum Gasteiger partial charge on any atom is -0.384 e. The Morgan fingerprint density at radius 3 is 2.57 bits per heavy atom. The van der Waals surface area contributed by atoms with Crippen LogP contribution in [-0.4, -0.2) is 29.1 Å². The molecule has 1 aromatic heterocycles. The van der Waals surface area contributed by atoms with Crippen LogP contribution in [0.25, 0.3) is 0 Å². The van der Waals surface area contributed by atoms with Gasteiger partial charge in [0.05, 0.1) is 5.56 Å². The predicted octanol–water partition coefficient (Wildman–Crippen LogP) is 1.84. The number of pyridine rings is 1. The molecule has 0 unspecified atom stereocenters. The van der Waals surface area contributed by atoms with Gasteiger partial charge >= 0.3 is 0 Å². The quantitative estimate of drug-likeness (QED) is 0.833. The summed E-state index contributed by atoms with van der Waals surface area (Å²) in [5, 5.41) is 11.7. The van der Waals surface area contributed by atoms with Crippen LogP contribution in [0.3, 0.4) is 0 Å². The topological polar surface area (TPSA) is 62.2 Å². The first-order valence-electron chi connectivity index (χ1n) is 7.13. The van der Waals surface area contributed by atoms with Crippen molar-refractivity contribution in [3.8, 4) is 11.8 Å². The van der Waals surface area contributed by atoms with Crippen LogP contribution in [0, 0.1) is 28.6 Å². The fourth-order valence-corrected chi connectivity index (χ4v) is 2.91. The van der Waals surface area contributed by atoms with E-state index in [1.165, 1.54) is 6.20 Å². The van der Waals surface area contributed by atoms with Crippen molar-refractivity contribution in [2.75, 3.05) is 13.2 Å². The van der Waals surface area contributed by atoms with Gasteiger partial charge in [0, 0.05) is 24.5 Å². The molecule has 1 amide bonds. The summed E-state index contributed by atoms with van der Waals surface area (Å²) in [5.41, 5.74) is 1.64. The molecule has 2 rings (SSSR count). The zero-order valence-electron chi connectivity index (χ0n) is 13.0. The van der Waals surface area contributed by atoms with Crippen molar-refractivity contribution in [1.29, 1.82) is 0 Å². The number of carbonyl (C=O) groups is 1. The number of aliphatic hydroxyl groups is 1. The first-order chi connectivity index (χ1) is 9.80. The highest BCUT2D eigenvalue weighted by Crippen LogP contribution is 2.67. The average molecular weight is 286 g/mol. The zero-order valence-corrected chi connectivity index (χ0v) is 13.0. The van der Waals surface area contributed by atoms with E-state index in [9.17, 15) is 4.79 Å². The van der Waals surface area contributed by atoms with E-state index in [-0.39, 0.29) is 23.3 Å². The molecule has 2 N–H and O–H groups in total. The lowest BCUT2D eigenvalue weighted by Gasteiger charge is -2.06. The first-order valence-corrected chi connectivity index (χ1v) is 7.13. The molecule has 4 nitrogen and oxygen atoms in total. The molecular weight excluding hydrogens is 264 g/mol. The van der Waals surface area contributed by atoms with E-state index in [1.54, 1.807) is 12.3 Å². The van der Waals surface area contributed by atoms with E-state index in [0.29, 0.717) is 23.6 Å². The van der Waals surface area contributed by atoms with Crippen LogP contribution < -0.4 is 5.32 Å². The Balaban J connectivity index is 1.99. The summed E-state index contributed by atoms with van der Waals surface area (Å²) >= 11 is 0. The van der Waals surface area contributed by atoms with Gasteiger partial charge in [-0.15, -0.1) is 0 Å². The normalized spacial score (nSPS) is 18.5. The lowest BCUT2D eigenvalue weighted by molar-refractivity contribution is 0.0949. The third-order valence-corrected chi connectivity index (χ3v) is 5.10. The summed E-state index contributed by atoms with van der Waals surface area (Å²) in [6, 6.07) is 1.69. The molecule has 0 radical (unpaired) electrons. The number of amides is 1. The fraction of sp³-hybridized carbons (Fsp3) is 0.529. The SMILES string of the molecule is CC1(C)C(CNC(=O)c2cncc(C#CCO)c2)C1(C)C. The molecule has 4 heteroatoms. The van der Waals surface area contributed by atoms with Crippen molar-refractivity contribution in [2.24, 2.45) is 16.7 Å². The third kappa shape index (κ3) is 2.93. The largest absolute Gasteiger partial charge is 0.384 e. The number of carbonyl (C=O) groups excluding carboxylic acids is 1. The number of hydrogen-bond donors (Lipinski definition) is 2. The van der Waals surface area contributed by atoms with Gasteiger partial charge in [0.2, 0.25) is 0 Å². The maximum Gasteiger partial charge on any atom is 0.252 e. The molecule has 0 saturated heterocycles. The Bertz CT molecular complexity index is 595. The number of rotatable bonds is 3. The Morgan fingerprint density at radius 2 is 2.00 bits per heavy atom. The van der Waals surface area contributed by atoms with Crippen LogP contribution in [0.2, 0.25) is 0 Å². The van der Waals surface area contributed by atoms with Crippen molar-refractivity contribution >= 4 is 5.91 Å². The lowest BCUT2D eigenvalue weighted by atomic mass is 10.0. The summed E-state index contributed by atoms with van der Waals surface area (Å²) in [4.78, 5) is 16.2. The van der Waals surface area contributed by atoms with Gasteiger partial charge in [0.25, 0.3) is 5.91 Å². The molecule has 0 atom stereocenters. The first kappa shape index (κ1) is 15.5. The van der Waals surface area contributed by atoms with Crippen LogP contribution in [0.5, 0.6) is 0 Å². The van der Waals surface area contributed by atoms with Crippen LogP contribution in [0.15, 0.2) is 18.5 Å². The highest BCUT2D eigenvalue weighted by atomic mass is 16.2. The highest BCUT2D eigenvalue weighted by Gasteiger charge is 2.64. The minimum absolute atomic E-state index is 0.131. The van der Waals surface area contributed by atoms with Gasteiger partial charge in [0.1, 0.15) is 6.61 Å². The summed E-state index contributed by atoms with van der Waals surface area (Å²) in [7, 11) is 0. The van der Waals surface area contributed by atoms with Gasteiger partial charge in [-0.05, 0) is 22.8 Å². The van der Waals surface area contributed by atoms with Gasteiger partial charge in [-0.1, -0.05) is 39.5 Å². The molecule has 112 valence electrons. The van der Waals surface area contributed by atoms with E-state index < -0.39 is 0 Å². The molecule has 0 aromatic carbocycles. The number of aromatic nitrogens is 1. The molecular formula is C17H22N2O2. The number of aliphatic hydroxyl groups excluding tert-OH is 1. The fourth-order valence-electron chi connectivity index (χ4n) is 2.91. The Labute approximate surface area is 126 Å². The molecule has 1 saturated carbocycles. The molecule has 0 spiro atoms. The second-order valence-corrected chi connectivity index (χ2v) is 6.63. The molecule has 21 heavy (non-hydrogen) atoms.